The highest BCUT2D eigenvalue weighted by molar-refractivity contribution is 5.79. The minimum absolute atomic E-state index is 0.0989. The molecule has 0 radical (unpaired) electrons. The van der Waals surface area contributed by atoms with E-state index in [1.165, 1.54) is 17.2 Å². The van der Waals surface area contributed by atoms with Crippen molar-refractivity contribution in [2.24, 2.45) is 10.4 Å². The summed E-state index contributed by atoms with van der Waals surface area (Å²) >= 11 is 0. The van der Waals surface area contributed by atoms with Gasteiger partial charge in [0.25, 0.3) is 0 Å². The number of carbonyl (C=O) groups excluding carboxylic acids is 1. The zero-order chi connectivity index (χ0) is 24.8. The predicted molar refractivity (Wildman–Crippen MR) is 136 cm³/mol. The number of allylic oxidation sites excluding steroid dienone is 3. The largest absolute Gasteiger partial charge is 0.364 e. The van der Waals surface area contributed by atoms with Crippen LogP contribution in [-0.4, -0.2) is 35.3 Å². The molecule has 7 nitrogen and oxygen atoms in total. The van der Waals surface area contributed by atoms with Gasteiger partial charge in [-0.3, -0.25) is 4.79 Å². The first-order valence-corrected chi connectivity index (χ1v) is 11.3. The third-order valence-corrected chi connectivity index (χ3v) is 5.36. The average Bonchev–Trinajstić information content (AvgIpc) is 2.87. The predicted octanol–water partition coefficient (Wildman–Crippen LogP) is 5.80. The summed E-state index contributed by atoms with van der Waals surface area (Å²) in [5, 5.41) is 5.31. The smallest absolute Gasteiger partial charge is 0.242 e. The molecule has 2 aromatic carbocycles. The summed E-state index contributed by atoms with van der Waals surface area (Å²) in [6, 6.07) is 20.4. The van der Waals surface area contributed by atoms with Crippen LogP contribution in [0.5, 0.6) is 0 Å². The number of piperazine rings is 1. The van der Waals surface area contributed by atoms with Gasteiger partial charge in [-0.25, -0.2) is 0 Å². The Morgan fingerprint density at radius 2 is 1.53 bits per heavy atom. The maximum atomic E-state index is 12.4. The number of carbonyl (C=O) groups is 1. The maximum Gasteiger partial charge on any atom is 0.242 e. The SMILES string of the molecule is C/C=C(N=O)\C(=C/CC)N=O.C=C(Cc1ccccc1)N1CCN(Cc2ccccc2)C(=O)C1. The van der Waals surface area contributed by atoms with Gasteiger partial charge in [-0.2, -0.15) is 0 Å². The lowest BCUT2D eigenvalue weighted by molar-refractivity contribution is -0.135. The van der Waals surface area contributed by atoms with E-state index in [0.717, 1.165) is 25.2 Å². The highest BCUT2D eigenvalue weighted by Crippen LogP contribution is 2.16. The molecule has 2 aromatic rings. The van der Waals surface area contributed by atoms with E-state index >= 15 is 0 Å². The summed E-state index contributed by atoms with van der Waals surface area (Å²) in [5.74, 6) is 0.175. The Morgan fingerprint density at radius 3 is 2.03 bits per heavy atom. The van der Waals surface area contributed by atoms with Crippen molar-refractivity contribution >= 4 is 5.91 Å². The van der Waals surface area contributed by atoms with Crippen LogP contribution in [0.25, 0.3) is 0 Å². The first-order chi connectivity index (χ1) is 16.5. The molecule has 1 heterocycles. The van der Waals surface area contributed by atoms with E-state index in [4.69, 9.17) is 0 Å². The van der Waals surface area contributed by atoms with Gasteiger partial charge in [0.1, 0.15) is 11.4 Å². The Kier molecular flexibility index (Phi) is 11.1. The van der Waals surface area contributed by atoms with Crippen LogP contribution < -0.4 is 0 Å². The topological polar surface area (TPSA) is 82.4 Å². The normalized spacial score (nSPS) is 14.2. The molecule has 0 unspecified atom stereocenters. The van der Waals surface area contributed by atoms with Crippen LogP contribution in [-0.2, 0) is 17.8 Å². The van der Waals surface area contributed by atoms with E-state index in [1.807, 2.05) is 48.2 Å². The molecule has 1 saturated heterocycles. The Bertz CT molecular complexity index is 1020. The lowest BCUT2D eigenvalue weighted by Gasteiger charge is -2.36. The summed E-state index contributed by atoms with van der Waals surface area (Å²) in [5.41, 5.74) is 3.64. The highest BCUT2D eigenvalue weighted by Gasteiger charge is 2.24. The first kappa shape index (κ1) is 26.4. The number of amides is 1. The van der Waals surface area contributed by atoms with Gasteiger partial charge < -0.3 is 9.80 Å². The lowest BCUT2D eigenvalue weighted by Crippen LogP contribution is -2.49. The summed E-state index contributed by atoms with van der Waals surface area (Å²) in [4.78, 5) is 36.6. The van der Waals surface area contributed by atoms with Crippen molar-refractivity contribution in [3.63, 3.8) is 0 Å². The Balaban J connectivity index is 0.000000316. The number of benzene rings is 2. The molecule has 3 rings (SSSR count). The number of hydrogen-bond acceptors (Lipinski definition) is 6. The van der Waals surface area contributed by atoms with Crippen LogP contribution in [0.3, 0.4) is 0 Å². The van der Waals surface area contributed by atoms with E-state index in [1.54, 1.807) is 13.0 Å². The molecule has 0 spiro atoms. The molecule has 0 aliphatic carbocycles. The van der Waals surface area contributed by atoms with Gasteiger partial charge in [0, 0.05) is 31.8 Å². The van der Waals surface area contributed by atoms with Crippen molar-refractivity contribution in [2.75, 3.05) is 19.6 Å². The molecule has 0 bridgehead atoms. The van der Waals surface area contributed by atoms with E-state index in [-0.39, 0.29) is 17.3 Å². The molecule has 1 fully saturated rings. The quantitative estimate of drug-likeness (QED) is 0.349. The fraction of sp³-hybridized carbons (Fsp3) is 0.296. The van der Waals surface area contributed by atoms with Crippen molar-refractivity contribution in [1.29, 1.82) is 0 Å². The van der Waals surface area contributed by atoms with Gasteiger partial charge in [-0.1, -0.05) is 86.3 Å². The molecule has 0 atom stereocenters. The van der Waals surface area contributed by atoms with Gasteiger partial charge in [0.05, 0.1) is 6.54 Å². The van der Waals surface area contributed by atoms with E-state index < -0.39 is 0 Å². The molecule has 0 aromatic heterocycles. The second-order valence-corrected chi connectivity index (χ2v) is 7.81. The summed E-state index contributed by atoms with van der Waals surface area (Å²) in [7, 11) is 0. The molecular weight excluding hydrogens is 428 g/mol. The van der Waals surface area contributed by atoms with Crippen molar-refractivity contribution in [3.8, 4) is 0 Å². The van der Waals surface area contributed by atoms with Crippen molar-refractivity contribution < 1.29 is 4.79 Å². The fourth-order valence-electron chi connectivity index (χ4n) is 3.52. The van der Waals surface area contributed by atoms with Gasteiger partial charge in [0.15, 0.2) is 0 Å². The highest BCUT2D eigenvalue weighted by atomic mass is 16.3. The van der Waals surface area contributed by atoms with E-state index in [9.17, 15) is 14.6 Å². The van der Waals surface area contributed by atoms with Gasteiger partial charge in [-0.05, 0) is 34.8 Å². The second kappa shape index (κ2) is 14.3. The Morgan fingerprint density at radius 1 is 0.941 bits per heavy atom. The monoisotopic (exact) mass is 460 g/mol. The molecule has 34 heavy (non-hydrogen) atoms. The van der Waals surface area contributed by atoms with Crippen LogP contribution in [0.4, 0.5) is 0 Å². The standard InChI is InChI=1S/C20H22N2O.C7H10N2O2/c1-17(14-18-8-4-2-5-9-18)21-12-13-22(20(23)16-21)15-19-10-6-3-7-11-19;1-3-5-7(9-11)6(4-2)8-10/h2-11H,1,12-16H2;4-5H,3H2,1-2H3/b;6-4+,7-5+. The molecular formula is C27H32N4O3. The van der Waals surface area contributed by atoms with Crippen LogP contribution in [0.1, 0.15) is 31.4 Å². The summed E-state index contributed by atoms with van der Waals surface area (Å²) in [6.07, 6.45) is 4.47. The third kappa shape index (κ3) is 8.24. The lowest BCUT2D eigenvalue weighted by atomic mass is 10.1. The third-order valence-electron chi connectivity index (χ3n) is 5.36. The fourth-order valence-corrected chi connectivity index (χ4v) is 3.52. The minimum atomic E-state index is 0.0989. The molecule has 1 aliphatic rings. The first-order valence-electron chi connectivity index (χ1n) is 11.3. The van der Waals surface area contributed by atoms with E-state index in [0.29, 0.717) is 19.5 Å². The zero-order valence-electron chi connectivity index (χ0n) is 19.9. The minimum Gasteiger partial charge on any atom is -0.364 e. The molecule has 1 aliphatic heterocycles. The number of nitroso groups, excluding NO2 is 2. The van der Waals surface area contributed by atoms with Crippen LogP contribution >= 0.6 is 0 Å². The van der Waals surface area contributed by atoms with Gasteiger partial charge in [-0.15, -0.1) is 9.81 Å². The zero-order valence-corrected chi connectivity index (χ0v) is 19.9. The molecule has 178 valence electrons. The molecule has 0 saturated carbocycles. The van der Waals surface area contributed by atoms with Crippen molar-refractivity contribution in [3.05, 3.63) is 117 Å². The average molecular weight is 461 g/mol. The summed E-state index contributed by atoms with van der Waals surface area (Å²) in [6.45, 7) is 10.4. The maximum absolute atomic E-state index is 12.4. The van der Waals surface area contributed by atoms with Crippen LogP contribution in [0, 0.1) is 9.81 Å². The number of hydrogen-bond donors (Lipinski definition) is 0. The van der Waals surface area contributed by atoms with E-state index in [2.05, 4.69) is 46.1 Å². The molecule has 7 heteroatoms. The van der Waals surface area contributed by atoms with Crippen LogP contribution in [0.15, 0.2) is 107 Å². The van der Waals surface area contributed by atoms with Crippen LogP contribution in [0.2, 0.25) is 0 Å². The van der Waals surface area contributed by atoms with Gasteiger partial charge >= 0.3 is 0 Å². The Labute approximate surface area is 201 Å². The van der Waals surface area contributed by atoms with Gasteiger partial charge in [0.2, 0.25) is 5.91 Å². The number of nitrogens with zero attached hydrogens (tertiary/aromatic N) is 4. The van der Waals surface area contributed by atoms with Crippen molar-refractivity contribution in [2.45, 2.75) is 33.2 Å². The second-order valence-electron chi connectivity index (χ2n) is 7.81. The molecule has 1 amide bonds. The molecule has 0 N–H and O–H groups in total. The number of rotatable bonds is 9. The Hall–Kier alpha value is -3.87. The summed E-state index contributed by atoms with van der Waals surface area (Å²) < 4.78 is 0. The van der Waals surface area contributed by atoms with Crippen molar-refractivity contribution in [1.82, 2.24) is 9.80 Å².